The molecule has 0 aliphatic heterocycles. The van der Waals surface area contributed by atoms with Crippen LogP contribution in [-0.2, 0) is 38.5 Å². The molecule has 0 aliphatic rings. The SMILES string of the molecule is CCCCCCc1cc(Cc2ccc(N)cc2)ccc1CCCc1ccc(Cc2ccc(N)cc2)cc1CCCCCC. The predicted molar refractivity (Wildman–Crippen MR) is 188 cm³/mol. The first-order chi connectivity index (χ1) is 21.0. The van der Waals surface area contributed by atoms with Crippen molar-refractivity contribution in [3.8, 4) is 0 Å². The lowest BCUT2D eigenvalue weighted by atomic mass is 9.90. The summed E-state index contributed by atoms with van der Waals surface area (Å²) in [6.07, 6.45) is 18.2. The van der Waals surface area contributed by atoms with E-state index in [1.807, 2.05) is 24.3 Å². The molecule has 0 spiro atoms. The second-order valence-electron chi connectivity index (χ2n) is 12.5. The third kappa shape index (κ3) is 10.9. The number of hydrogen-bond acceptors (Lipinski definition) is 2. The highest BCUT2D eigenvalue weighted by atomic mass is 14.5. The van der Waals surface area contributed by atoms with Gasteiger partial charge < -0.3 is 11.5 Å². The molecule has 2 nitrogen and oxygen atoms in total. The van der Waals surface area contributed by atoms with Gasteiger partial charge in [-0.3, -0.25) is 0 Å². The van der Waals surface area contributed by atoms with Crippen LogP contribution in [0.5, 0.6) is 0 Å². The Kier molecular flexibility index (Phi) is 13.2. The van der Waals surface area contributed by atoms with Gasteiger partial charge in [0.25, 0.3) is 0 Å². The topological polar surface area (TPSA) is 52.0 Å². The summed E-state index contributed by atoms with van der Waals surface area (Å²) in [6.45, 7) is 4.59. The zero-order chi connectivity index (χ0) is 30.3. The van der Waals surface area contributed by atoms with E-state index < -0.39 is 0 Å². The lowest BCUT2D eigenvalue weighted by molar-refractivity contribution is 0.660. The van der Waals surface area contributed by atoms with Crippen molar-refractivity contribution in [2.45, 2.75) is 110 Å². The van der Waals surface area contributed by atoms with Crippen molar-refractivity contribution in [2.24, 2.45) is 0 Å². The van der Waals surface area contributed by atoms with Crippen LogP contribution in [0.1, 0.15) is 116 Å². The summed E-state index contributed by atoms with van der Waals surface area (Å²) in [5, 5.41) is 0. The van der Waals surface area contributed by atoms with E-state index >= 15 is 0 Å². The first-order valence-electron chi connectivity index (χ1n) is 16.9. The highest BCUT2D eigenvalue weighted by molar-refractivity contribution is 5.43. The molecule has 0 aromatic heterocycles. The molecule has 0 fully saturated rings. The van der Waals surface area contributed by atoms with Crippen LogP contribution in [0, 0.1) is 0 Å². The Labute approximate surface area is 261 Å². The van der Waals surface area contributed by atoms with Crippen LogP contribution in [0.2, 0.25) is 0 Å². The summed E-state index contributed by atoms with van der Waals surface area (Å²) >= 11 is 0. The summed E-state index contributed by atoms with van der Waals surface area (Å²) in [7, 11) is 0. The molecule has 0 saturated heterocycles. The van der Waals surface area contributed by atoms with Gasteiger partial charge in [-0.05, 0) is 127 Å². The number of aryl methyl sites for hydroxylation is 4. The van der Waals surface area contributed by atoms with Crippen molar-refractivity contribution in [2.75, 3.05) is 11.5 Å². The van der Waals surface area contributed by atoms with Crippen molar-refractivity contribution in [3.63, 3.8) is 0 Å². The number of anilines is 2. The first-order valence-corrected chi connectivity index (χ1v) is 16.9. The summed E-state index contributed by atoms with van der Waals surface area (Å²) in [5.74, 6) is 0. The molecule has 4 rings (SSSR count). The van der Waals surface area contributed by atoms with Gasteiger partial charge in [0.15, 0.2) is 0 Å². The lowest BCUT2D eigenvalue weighted by Gasteiger charge is -2.15. The molecule has 0 heterocycles. The molecule has 0 bridgehead atoms. The normalized spacial score (nSPS) is 11.2. The standard InChI is InChI=1S/C41H54N2/c1-3-5-7-9-12-38-30-34(28-32-18-24-40(42)25-19-32)16-22-36(38)14-11-15-37-23-17-35(29-33-20-26-41(43)27-21-33)31-39(37)13-10-8-6-4-2/h16-27,30-31H,3-15,28-29,42-43H2,1-2H3. The molecule has 4 aromatic rings. The summed E-state index contributed by atoms with van der Waals surface area (Å²) in [4.78, 5) is 0. The zero-order valence-electron chi connectivity index (χ0n) is 26.8. The molecule has 0 saturated carbocycles. The minimum atomic E-state index is 0.830. The molecule has 4 N–H and O–H groups in total. The maximum absolute atomic E-state index is 5.92. The van der Waals surface area contributed by atoms with E-state index in [1.165, 1.54) is 92.9 Å². The Balaban J connectivity index is 1.44. The van der Waals surface area contributed by atoms with Crippen LogP contribution >= 0.6 is 0 Å². The number of hydrogen-bond donors (Lipinski definition) is 2. The molecule has 0 amide bonds. The summed E-state index contributed by atoms with van der Waals surface area (Å²) < 4.78 is 0. The number of nitrogens with two attached hydrogens (primary N) is 2. The third-order valence-corrected chi connectivity index (χ3v) is 8.81. The molecule has 0 radical (unpaired) electrons. The largest absolute Gasteiger partial charge is 0.399 e. The second kappa shape index (κ2) is 17.6. The van der Waals surface area contributed by atoms with Gasteiger partial charge in [-0.1, -0.05) is 113 Å². The molecule has 0 unspecified atom stereocenters. The average molecular weight is 575 g/mol. The van der Waals surface area contributed by atoms with Crippen molar-refractivity contribution in [1.82, 2.24) is 0 Å². The Morgan fingerprint density at radius 2 is 0.744 bits per heavy atom. The molecule has 0 atom stereocenters. The highest BCUT2D eigenvalue weighted by Gasteiger charge is 2.09. The van der Waals surface area contributed by atoms with Gasteiger partial charge in [0, 0.05) is 11.4 Å². The molecule has 2 heteroatoms. The van der Waals surface area contributed by atoms with Crippen LogP contribution in [0.3, 0.4) is 0 Å². The molecule has 43 heavy (non-hydrogen) atoms. The number of nitrogen functional groups attached to an aromatic ring is 2. The Morgan fingerprint density at radius 3 is 1.14 bits per heavy atom. The van der Waals surface area contributed by atoms with E-state index in [0.717, 1.165) is 37.1 Å². The van der Waals surface area contributed by atoms with Gasteiger partial charge >= 0.3 is 0 Å². The monoisotopic (exact) mass is 574 g/mol. The van der Waals surface area contributed by atoms with Crippen molar-refractivity contribution < 1.29 is 0 Å². The molecule has 4 aromatic carbocycles. The summed E-state index contributed by atoms with van der Waals surface area (Å²) in [5.41, 5.74) is 25.2. The first kappa shape index (κ1) is 32.4. The molecular formula is C41H54N2. The maximum atomic E-state index is 5.92. The van der Waals surface area contributed by atoms with Gasteiger partial charge in [-0.15, -0.1) is 0 Å². The predicted octanol–water partition coefficient (Wildman–Crippen LogP) is 10.5. The molecule has 228 valence electrons. The maximum Gasteiger partial charge on any atom is 0.0314 e. The van der Waals surface area contributed by atoms with E-state index in [-0.39, 0.29) is 0 Å². The van der Waals surface area contributed by atoms with Crippen LogP contribution in [0.25, 0.3) is 0 Å². The second-order valence-corrected chi connectivity index (χ2v) is 12.5. The lowest BCUT2D eigenvalue weighted by Crippen LogP contribution is -2.02. The van der Waals surface area contributed by atoms with Crippen LogP contribution in [-0.4, -0.2) is 0 Å². The number of benzene rings is 4. The van der Waals surface area contributed by atoms with Gasteiger partial charge in [-0.25, -0.2) is 0 Å². The van der Waals surface area contributed by atoms with E-state index in [0.29, 0.717) is 0 Å². The third-order valence-electron chi connectivity index (χ3n) is 8.81. The summed E-state index contributed by atoms with van der Waals surface area (Å²) in [6, 6.07) is 31.2. The van der Waals surface area contributed by atoms with Crippen LogP contribution < -0.4 is 11.5 Å². The van der Waals surface area contributed by atoms with Gasteiger partial charge in [0.2, 0.25) is 0 Å². The smallest absolute Gasteiger partial charge is 0.0314 e. The average Bonchev–Trinajstić information content (AvgIpc) is 3.01. The molecular weight excluding hydrogens is 520 g/mol. The highest BCUT2D eigenvalue weighted by Crippen LogP contribution is 2.24. The van der Waals surface area contributed by atoms with Gasteiger partial charge in [-0.2, -0.15) is 0 Å². The van der Waals surface area contributed by atoms with E-state index in [1.54, 1.807) is 22.3 Å². The number of rotatable bonds is 18. The van der Waals surface area contributed by atoms with Crippen LogP contribution in [0.15, 0.2) is 84.9 Å². The van der Waals surface area contributed by atoms with Crippen LogP contribution in [0.4, 0.5) is 11.4 Å². The molecule has 0 aliphatic carbocycles. The van der Waals surface area contributed by atoms with Crippen molar-refractivity contribution in [1.29, 1.82) is 0 Å². The Morgan fingerprint density at radius 1 is 0.372 bits per heavy atom. The van der Waals surface area contributed by atoms with Gasteiger partial charge in [0.1, 0.15) is 0 Å². The minimum absolute atomic E-state index is 0.830. The minimum Gasteiger partial charge on any atom is -0.399 e. The fraction of sp³-hybridized carbons (Fsp3) is 0.415. The van der Waals surface area contributed by atoms with Crippen molar-refractivity contribution >= 4 is 11.4 Å². The quantitative estimate of drug-likeness (QED) is 0.0917. The van der Waals surface area contributed by atoms with E-state index in [4.69, 9.17) is 11.5 Å². The van der Waals surface area contributed by atoms with E-state index in [9.17, 15) is 0 Å². The number of unbranched alkanes of at least 4 members (excludes halogenated alkanes) is 6. The Hall–Kier alpha value is -3.52. The zero-order valence-corrected chi connectivity index (χ0v) is 26.8. The fourth-order valence-electron chi connectivity index (χ4n) is 6.23. The van der Waals surface area contributed by atoms with E-state index in [2.05, 4.69) is 74.5 Å². The fourth-order valence-corrected chi connectivity index (χ4v) is 6.23. The Bertz CT molecular complexity index is 1260. The van der Waals surface area contributed by atoms with Gasteiger partial charge in [0.05, 0.1) is 0 Å². The van der Waals surface area contributed by atoms with Crippen molar-refractivity contribution in [3.05, 3.63) is 129 Å².